The number of ether oxygens (including phenoxy) is 1. The minimum absolute atomic E-state index is 0.0304. The molecular weight excluding hydrogens is 323 g/mol. The lowest BCUT2D eigenvalue weighted by molar-refractivity contribution is -0.142. The summed E-state index contributed by atoms with van der Waals surface area (Å²) in [5.41, 5.74) is 7.81. The Bertz CT molecular complexity index is 454. The van der Waals surface area contributed by atoms with E-state index in [9.17, 15) is 4.79 Å². The number of nitrogens with zero attached hydrogens (tertiary/aromatic N) is 1. The molecule has 0 radical (unpaired) electrons. The zero-order chi connectivity index (χ0) is 16.7. The zero-order valence-corrected chi connectivity index (χ0v) is 14.8. The van der Waals surface area contributed by atoms with Crippen molar-refractivity contribution in [3.8, 4) is 0 Å². The Labute approximate surface area is 142 Å². The number of hydrogen-bond acceptors (Lipinski definition) is 4. The van der Waals surface area contributed by atoms with Gasteiger partial charge >= 0.3 is 5.97 Å². The molecular formula is C16H24Cl2N2O2. The molecule has 0 bridgehead atoms. The van der Waals surface area contributed by atoms with Crippen LogP contribution < -0.4 is 10.6 Å². The average Bonchev–Trinajstić information content (AvgIpc) is 2.45. The van der Waals surface area contributed by atoms with Crippen molar-refractivity contribution in [3.05, 3.63) is 29.8 Å². The maximum Gasteiger partial charge on any atom is 0.322 e. The summed E-state index contributed by atoms with van der Waals surface area (Å²) in [7, 11) is 1.34. The molecule has 4 nitrogen and oxygen atoms in total. The molecule has 0 fully saturated rings. The first-order valence-corrected chi connectivity index (χ1v) is 8.16. The first-order valence-electron chi connectivity index (χ1n) is 7.29. The number of nitrogens with two attached hydrogens (primary N) is 1. The molecule has 6 heteroatoms. The first-order chi connectivity index (χ1) is 10.3. The Morgan fingerprint density at radius 2 is 1.68 bits per heavy atom. The molecule has 1 rings (SSSR count). The van der Waals surface area contributed by atoms with Crippen LogP contribution >= 0.6 is 23.2 Å². The molecule has 3 unspecified atom stereocenters. The number of carbonyl (C=O) groups is 1. The first kappa shape index (κ1) is 19.1. The van der Waals surface area contributed by atoms with Crippen LogP contribution in [0, 0.1) is 0 Å². The van der Waals surface area contributed by atoms with Gasteiger partial charge in [0.05, 0.1) is 7.11 Å². The molecule has 0 aromatic heterocycles. The summed E-state index contributed by atoms with van der Waals surface area (Å²) in [5, 5.41) is 0.0608. The fourth-order valence-electron chi connectivity index (χ4n) is 2.22. The third kappa shape index (κ3) is 6.42. The molecule has 2 N–H and O–H groups in total. The zero-order valence-electron chi connectivity index (χ0n) is 13.3. The van der Waals surface area contributed by atoms with Crippen molar-refractivity contribution < 1.29 is 9.53 Å². The molecule has 0 heterocycles. The number of esters is 1. The van der Waals surface area contributed by atoms with Crippen LogP contribution in [0.2, 0.25) is 0 Å². The summed E-state index contributed by atoms with van der Waals surface area (Å²) in [5.74, 6) is -0.405. The molecule has 22 heavy (non-hydrogen) atoms. The normalized spacial score (nSPS) is 15.0. The van der Waals surface area contributed by atoms with Gasteiger partial charge in [-0.2, -0.15) is 0 Å². The minimum atomic E-state index is -0.641. The van der Waals surface area contributed by atoms with Crippen molar-refractivity contribution >= 4 is 34.9 Å². The second-order valence-electron chi connectivity index (χ2n) is 5.47. The fraction of sp³-hybridized carbons (Fsp3) is 0.562. The lowest BCUT2D eigenvalue weighted by Gasteiger charge is -2.27. The standard InChI is InChI=1S/C16H24Cl2N2O2/c1-11(17)9-20(10-12(2)18)14-6-4-13(5-7-14)8-15(19)16(21)22-3/h4-7,11-12,15H,8-10,19H2,1-3H3. The van der Waals surface area contributed by atoms with E-state index in [1.807, 2.05) is 38.1 Å². The van der Waals surface area contributed by atoms with E-state index in [1.165, 1.54) is 7.11 Å². The third-order valence-electron chi connectivity index (χ3n) is 3.20. The molecule has 0 aliphatic heterocycles. The second-order valence-corrected chi connectivity index (χ2v) is 6.96. The van der Waals surface area contributed by atoms with Crippen molar-refractivity contribution in [3.63, 3.8) is 0 Å². The predicted octanol–water partition coefficient (Wildman–Crippen LogP) is 2.79. The van der Waals surface area contributed by atoms with Gasteiger partial charge < -0.3 is 15.4 Å². The SMILES string of the molecule is COC(=O)C(N)Cc1ccc(N(CC(C)Cl)CC(C)Cl)cc1. The van der Waals surface area contributed by atoms with Gasteiger partial charge in [-0.3, -0.25) is 4.79 Å². The van der Waals surface area contributed by atoms with Crippen LogP contribution in [-0.2, 0) is 16.0 Å². The van der Waals surface area contributed by atoms with Gasteiger partial charge in [0.25, 0.3) is 0 Å². The Kier molecular flexibility index (Phi) is 8.01. The molecule has 124 valence electrons. The summed E-state index contributed by atoms with van der Waals surface area (Å²) in [6, 6.07) is 7.28. The number of alkyl halides is 2. The van der Waals surface area contributed by atoms with Gasteiger partial charge in [-0.05, 0) is 38.0 Å². The van der Waals surface area contributed by atoms with Crippen LogP contribution in [0.25, 0.3) is 0 Å². The average molecular weight is 347 g/mol. The van der Waals surface area contributed by atoms with Gasteiger partial charge in [0, 0.05) is 29.5 Å². The highest BCUT2D eigenvalue weighted by Gasteiger charge is 2.15. The summed E-state index contributed by atoms with van der Waals surface area (Å²) in [4.78, 5) is 13.5. The molecule has 0 aliphatic carbocycles. The van der Waals surface area contributed by atoms with Gasteiger partial charge in [0.1, 0.15) is 6.04 Å². The summed E-state index contributed by atoms with van der Waals surface area (Å²) < 4.78 is 4.63. The van der Waals surface area contributed by atoms with Crippen LogP contribution in [-0.4, -0.2) is 43.0 Å². The van der Waals surface area contributed by atoms with E-state index in [4.69, 9.17) is 28.9 Å². The fourth-order valence-corrected chi connectivity index (χ4v) is 2.56. The highest BCUT2D eigenvalue weighted by Crippen LogP contribution is 2.19. The number of rotatable bonds is 8. The Balaban J connectivity index is 2.77. The Hall–Kier alpha value is -0.970. The molecule has 0 saturated carbocycles. The molecule has 3 atom stereocenters. The van der Waals surface area contributed by atoms with Crippen LogP contribution in [0.4, 0.5) is 5.69 Å². The Morgan fingerprint density at radius 1 is 1.18 bits per heavy atom. The smallest absolute Gasteiger partial charge is 0.322 e. The monoisotopic (exact) mass is 346 g/mol. The summed E-state index contributed by atoms with van der Waals surface area (Å²) in [6.45, 7) is 5.35. The van der Waals surface area contributed by atoms with Crippen LogP contribution in [0.3, 0.4) is 0 Å². The van der Waals surface area contributed by atoms with Gasteiger partial charge in [-0.15, -0.1) is 23.2 Å². The van der Waals surface area contributed by atoms with E-state index < -0.39 is 12.0 Å². The van der Waals surface area contributed by atoms with Gasteiger partial charge in [0.2, 0.25) is 0 Å². The minimum Gasteiger partial charge on any atom is -0.468 e. The third-order valence-corrected chi connectivity index (χ3v) is 3.48. The molecule has 0 spiro atoms. The van der Waals surface area contributed by atoms with E-state index in [0.29, 0.717) is 6.42 Å². The van der Waals surface area contributed by atoms with Gasteiger partial charge in [0.15, 0.2) is 0 Å². The molecule has 0 aliphatic rings. The lowest BCUT2D eigenvalue weighted by Crippen LogP contribution is -2.34. The van der Waals surface area contributed by atoms with E-state index in [0.717, 1.165) is 24.3 Å². The summed E-state index contributed by atoms with van der Waals surface area (Å²) >= 11 is 12.2. The number of anilines is 1. The van der Waals surface area contributed by atoms with Gasteiger partial charge in [-0.1, -0.05) is 12.1 Å². The predicted molar refractivity (Wildman–Crippen MR) is 93.0 cm³/mol. The van der Waals surface area contributed by atoms with E-state index in [1.54, 1.807) is 0 Å². The largest absolute Gasteiger partial charge is 0.468 e. The maximum absolute atomic E-state index is 11.3. The quantitative estimate of drug-likeness (QED) is 0.580. The second kappa shape index (κ2) is 9.23. The maximum atomic E-state index is 11.3. The van der Waals surface area contributed by atoms with Crippen molar-refractivity contribution in [1.29, 1.82) is 0 Å². The van der Waals surface area contributed by atoms with Crippen LogP contribution in [0.1, 0.15) is 19.4 Å². The number of methoxy groups -OCH3 is 1. The number of hydrogen-bond donors (Lipinski definition) is 1. The number of benzene rings is 1. The van der Waals surface area contributed by atoms with Gasteiger partial charge in [-0.25, -0.2) is 0 Å². The molecule has 1 aromatic rings. The highest BCUT2D eigenvalue weighted by atomic mass is 35.5. The van der Waals surface area contributed by atoms with Crippen molar-refractivity contribution in [2.45, 2.75) is 37.1 Å². The number of carbonyl (C=O) groups excluding carboxylic acids is 1. The van der Waals surface area contributed by atoms with Crippen molar-refractivity contribution in [2.24, 2.45) is 5.73 Å². The molecule has 0 saturated heterocycles. The van der Waals surface area contributed by atoms with E-state index >= 15 is 0 Å². The highest BCUT2D eigenvalue weighted by molar-refractivity contribution is 6.21. The Morgan fingerprint density at radius 3 is 2.09 bits per heavy atom. The lowest BCUT2D eigenvalue weighted by atomic mass is 10.1. The van der Waals surface area contributed by atoms with E-state index in [-0.39, 0.29) is 10.8 Å². The number of halogens is 2. The molecule has 0 amide bonds. The molecule has 1 aromatic carbocycles. The summed E-state index contributed by atoms with van der Waals surface area (Å²) in [6.07, 6.45) is 0.449. The van der Waals surface area contributed by atoms with Crippen LogP contribution in [0.15, 0.2) is 24.3 Å². The van der Waals surface area contributed by atoms with E-state index in [2.05, 4.69) is 9.64 Å². The van der Waals surface area contributed by atoms with Crippen molar-refractivity contribution in [2.75, 3.05) is 25.1 Å². The topological polar surface area (TPSA) is 55.6 Å². The van der Waals surface area contributed by atoms with Crippen molar-refractivity contribution in [1.82, 2.24) is 0 Å². The van der Waals surface area contributed by atoms with Crippen LogP contribution in [0.5, 0.6) is 0 Å².